The number of ketones is 1. The fraction of sp³-hybridized carbons (Fsp3) is 0.368. The fourth-order valence-electron chi connectivity index (χ4n) is 3.24. The first-order valence-electron chi connectivity index (χ1n) is 8.39. The second-order valence-electron chi connectivity index (χ2n) is 6.82. The van der Waals surface area contributed by atoms with E-state index in [0.717, 1.165) is 21.3 Å². The number of benzene rings is 1. The number of nitrogens with zero attached hydrogens (tertiary/aromatic N) is 4. The number of carbonyl (C=O) groups is 1. The van der Waals surface area contributed by atoms with Crippen LogP contribution in [0, 0.1) is 20.8 Å². The number of fused-ring (bicyclic) bond motifs is 1. The Labute approximate surface area is 150 Å². The van der Waals surface area contributed by atoms with E-state index in [-0.39, 0.29) is 16.9 Å². The fourth-order valence-corrected chi connectivity index (χ4v) is 3.24. The second-order valence-corrected chi connectivity index (χ2v) is 6.82. The highest BCUT2D eigenvalue weighted by molar-refractivity contribution is 6.01. The van der Waals surface area contributed by atoms with Crippen molar-refractivity contribution in [2.75, 3.05) is 0 Å². The lowest BCUT2D eigenvalue weighted by Crippen LogP contribution is -2.38. The normalized spacial score (nSPS) is 12.5. The third-order valence-corrected chi connectivity index (χ3v) is 5.08. The predicted octanol–water partition coefficient (Wildman–Crippen LogP) is 1.80. The van der Waals surface area contributed by atoms with Crippen molar-refractivity contribution < 1.29 is 4.79 Å². The molecule has 0 radical (unpaired) electrons. The van der Waals surface area contributed by atoms with Crippen LogP contribution in [0.5, 0.6) is 0 Å². The first-order valence-corrected chi connectivity index (χ1v) is 8.39. The molecule has 2 aromatic heterocycles. The number of aryl methyl sites for hydroxylation is 4. The predicted molar refractivity (Wildman–Crippen MR) is 99.9 cm³/mol. The van der Waals surface area contributed by atoms with Crippen LogP contribution in [0.1, 0.15) is 40.0 Å². The zero-order chi connectivity index (χ0) is 19.3. The van der Waals surface area contributed by atoms with Crippen LogP contribution in [-0.4, -0.2) is 24.5 Å². The van der Waals surface area contributed by atoms with Gasteiger partial charge in [-0.25, -0.2) is 9.78 Å². The van der Waals surface area contributed by atoms with Crippen LogP contribution in [0.3, 0.4) is 0 Å². The number of hydrogen-bond donors (Lipinski definition) is 0. The highest BCUT2D eigenvalue weighted by atomic mass is 16.2. The van der Waals surface area contributed by atoms with Crippen molar-refractivity contribution in [1.29, 1.82) is 0 Å². The molecule has 7 heteroatoms. The average molecular weight is 354 g/mol. The number of Topliss-reactive ketones (excluding diaryl/α,β-unsaturated/α-hetero) is 1. The average Bonchev–Trinajstić information content (AvgIpc) is 3.05. The molecule has 3 aromatic rings. The summed E-state index contributed by atoms with van der Waals surface area (Å²) in [6.07, 6.45) is 1.45. The molecule has 0 amide bonds. The van der Waals surface area contributed by atoms with Gasteiger partial charge in [-0.15, -0.1) is 0 Å². The van der Waals surface area contributed by atoms with Crippen LogP contribution in [0.4, 0.5) is 0 Å². The molecule has 7 nitrogen and oxygen atoms in total. The Kier molecular flexibility index (Phi) is 4.18. The molecule has 2 heterocycles. The maximum absolute atomic E-state index is 13.1. The maximum Gasteiger partial charge on any atom is 0.332 e. The molecule has 0 saturated heterocycles. The topological polar surface area (TPSA) is 78.9 Å². The minimum absolute atomic E-state index is 0.0965. The summed E-state index contributed by atoms with van der Waals surface area (Å²) < 4.78 is 3.89. The van der Waals surface area contributed by atoms with Gasteiger partial charge in [-0.2, -0.15) is 0 Å². The number of rotatable bonds is 3. The van der Waals surface area contributed by atoms with Gasteiger partial charge in [0.25, 0.3) is 5.56 Å². The Morgan fingerprint density at radius 2 is 1.62 bits per heavy atom. The number of hydrogen-bond acceptors (Lipinski definition) is 4. The van der Waals surface area contributed by atoms with Crippen molar-refractivity contribution in [3.05, 3.63) is 61.6 Å². The van der Waals surface area contributed by atoms with Crippen LogP contribution >= 0.6 is 0 Å². The molecule has 1 aromatic carbocycles. The van der Waals surface area contributed by atoms with E-state index >= 15 is 0 Å². The smallest absolute Gasteiger partial charge is 0.314 e. The minimum Gasteiger partial charge on any atom is -0.314 e. The Morgan fingerprint density at radius 3 is 2.27 bits per heavy atom. The molecule has 1 atom stereocenters. The minimum atomic E-state index is -0.619. The van der Waals surface area contributed by atoms with E-state index < -0.39 is 17.3 Å². The molecule has 0 N–H and O–H groups in total. The second kappa shape index (κ2) is 6.09. The molecule has 0 aliphatic heterocycles. The lowest BCUT2D eigenvalue weighted by atomic mass is 9.95. The van der Waals surface area contributed by atoms with Crippen molar-refractivity contribution in [2.45, 2.75) is 33.7 Å². The Hall–Kier alpha value is -2.96. The van der Waals surface area contributed by atoms with Crippen molar-refractivity contribution in [1.82, 2.24) is 18.7 Å². The lowest BCUT2D eigenvalue weighted by Gasteiger charge is -2.16. The Bertz CT molecular complexity index is 1160. The number of carbonyl (C=O) groups excluding carboxylic acids is 1. The SMILES string of the molecule is Cc1cc(C)c(C(=O)[C@H](C)n2cnc3c2c(=O)n(C)c(=O)n3C)cc1C. The Morgan fingerprint density at radius 1 is 1.00 bits per heavy atom. The van der Waals surface area contributed by atoms with Gasteiger partial charge in [0, 0.05) is 19.7 Å². The zero-order valence-corrected chi connectivity index (χ0v) is 15.8. The summed E-state index contributed by atoms with van der Waals surface area (Å²) >= 11 is 0. The van der Waals surface area contributed by atoms with Gasteiger partial charge in [0.2, 0.25) is 0 Å². The van der Waals surface area contributed by atoms with Crippen molar-refractivity contribution >= 4 is 16.9 Å². The van der Waals surface area contributed by atoms with Crippen LogP contribution in [0.15, 0.2) is 28.0 Å². The van der Waals surface area contributed by atoms with Gasteiger partial charge in [0.05, 0.1) is 12.4 Å². The van der Waals surface area contributed by atoms with E-state index in [0.29, 0.717) is 5.56 Å². The molecule has 0 aliphatic rings. The molecule has 26 heavy (non-hydrogen) atoms. The van der Waals surface area contributed by atoms with Gasteiger partial charge in [0.15, 0.2) is 16.9 Å². The third kappa shape index (κ3) is 2.51. The van der Waals surface area contributed by atoms with Gasteiger partial charge in [0.1, 0.15) is 0 Å². The highest BCUT2D eigenvalue weighted by Crippen LogP contribution is 2.22. The van der Waals surface area contributed by atoms with E-state index in [1.54, 1.807) is 18.5 Å². The van der Waals surface area contributed by atoms with E-state index in [2.05, 4.69) is 4.98 Å². The monoisotopic (exact) mass is 354 g/mol. The highest BCUT2D eigenvalue weighted by Gasteiger charge is 2.24. The van der Waals surface area contributed by atoms with Crippen molar-refractivity contribution in [2.24, 2.45) is 14.1 Å². The quantitative estimate of drug-likeness (QED) is 0.672. The summed E-state index contributed by atoms with van der Waals surface area (Å²) in [6.45, 7) is 7.62. The summed E-state index contributed by atoms with van der Waals surface area (Å²) in [6, 6.07) is 3.26. The van der Waals surface area contributed by atoms with Gasteiger partial charge in [-0.05, 0) is 50.5 Å². The zero-order valence-electron chi connectivity index (χ0n) is 15.8. The Balaban J connectivity index is 2.19. The lowest BCUT2D eigenvalue weighted by molar-refractivity contribution is 0.0936. The van der Waals surface area contributed by atoms with Crippen LogP contribution in [0.2, 0.25) is 0 Å². The number of aromatic nitrogens is 4. The van der Waals surface area contributed by atoms with Crippen LogP contribution in [0.25, 0.3) is 11.2 Å². The van der Waals surface area contributed by atoms with E-state index in [1.807, 2.05) is 32.9 Å². The van der Waals surface area contributed by atoms with Gasteiger partial charge >= 0.3 is 5.69 Å². The van der Waals surface area contributed by atoms with Crippen LogP contribution < -0.4 is 11.2 Å². The van der Waals surface area contributed by atoms with Crippen molar-refractivity contribution in [3.8, 4) is 0 Å². The van der Waals surface area contributed by atoms with Gasteiger partial charge in [-0.3, -0.25) is 18.7 Å². The summed E-state index contributed by atoms with van der Waals surface area (Å²) in [4.78, 5) is 41.9. The van der Waals surface area contributed by atoms with Crippen LogP contribution in [-0.2, 0) is 14.1 Å². The van der Waals surface area contributed by atoms with Crippen molar-refractivity contribution in [3.63, 3.8) is 0 Å². The van der Waals surface area contributed by atoms with E-state index in [4.69, 9.17) is 0 Å². The standard InChI is InChI=1S/C19H22N4O3/c1-10-7-12(3)14(8-11(10)2)16(24)13(4)23-9-20-17-15(23)18(25)22(6)19(26)21(17)5/h7-9,13H,1-6H3/t13-/m0/s1. The van der Waals surface area contributed by atoms with E-state index in [1.165, 1.54) is 17.9 Å². The first-order chi connectivity index (χ1) is 12.1. The molecular formula is C19H22N4O3. The molecule has 3 rings (SSSR count). The molecule has 136 valence electrons. The summed E-state index contributed by atoms with van der Waals surface area (Å²) in [5.41, 5.74) is 3.31. The molecule has 0 unspecified atom stereocenters. The largest absolute Gasteiger partial charge is 0.332 e. The summed E-state index contributed by atoms with van der Waals surface area (Å²) in [5, 5.41) is 0. The molecule has 0 aliphatic carbocycles. The molecule has 0 saturated carbocycles. The molecule has 0 fully saturated rings. The first kappa shape index (κ1) is 17.8. The van der Waals surface area contributed by atoms with Gasteiger partial charge in [-0.1, -0.05) is 6.07 Å². The molecular weight excluding hydrogens is 332 g/mol. The maximum atomic E-state index is 13.1. The molecule has 0 spiro atoms. The molecule has 0 bridgehead atoms. The third-order valence-electron chi connectivity index (χ3n) is 5.08. The summed E-state index contributed by atoms with van der Waals surface area (Å²) in [7, 11) is 2.98. The number of imidazole rings is 1. The van der Waals surface area contributed by atoms with Gasteiger partial charge < -0.3 is 4.57 Å². The summed E-state index contributed by atoms with van der Waals surface area (Å²) in [5.74, 6) is -0.0965. The van der Waals surface area contributed by atoms with E-state index in [9.17, 15) is 14.4 Å².